The SMILES string of the molecule is CC.O=C1C=CC=C1O. The summed E-state index contributed by atoms with van der Waals surface area (Å²) in [4.78, 5) is 10.2. The van der Waals surface area contributed by atoms with E-state index in [0.29, 0.717) is 0 Å². The van der Waals surface area contributed by atoms with E-state index >= 15 is 0 Å². The number of rotatable bonds is 0. The summed E-state index contributed by atoms with van der Waals surface area (Å²) in [5, 5.41) is 8.45. The summed E-state index contributed by atoms with van der Waals surface area (Å²) < 4.78 is 0. The Bertz CT molecular complexity index is 154. The number of aliphatic hydroxyl groups is 1. The Morgan fingerprint density at radius 1 is 1.44 bits per heavy atom. The molecule has 0 radical (unpaired) electrons. The van der Waals surface area contributed by atoms with Gasteiger partial charge in [-0.05, 0) is 12.2 Å². The average Bonchev–Trinajstić information content (AvgIpc) is 2.23. The van der Waals surface area contributed by atoms with E-state index in [1.54, 1.807) is 0 Å². The smallest absolute Gasteiger partial charge is 0.220 e. The number of aliphatic hydroxyl groups excluding tert-OH is 1. The minimum Gasteiger partial charge on any atom is -0.504 e. The number of hydrogen-bond donors (Lipinski definition) is 1. The molecule has 0 heterocycles. The summed E-state index contributed by atoms with van der Waals surface area (Å²) in [6, 6.07) is 0. The van der Waals surface area contributed by atoms with Crippen molar-refractivity contribution < 1.29 is 9.90 Å². The Morgan fingerprint density at radius 3 is 2.11 bits per heavy atom. The van der Waals surface area contributed by atoms with Crippen molar-refractivity contribution in [2.45, 2.75) is 13.8 Å². The topological polar surface area (TPSA) is 37.3 Å². The highest BCUT2D eigenvalue weighted by atomic mass is 16.3. The lowest BCUT2D eigenvalue weighted by molar-refractivity contribution is -0.113. The fourth-order valence-electron chi connectivity index (χ4n) is 0.394. The molecule has 0 spiro atoms. The number of hydrogen-bond acceptors (Lipinski definition) is 2. The first kappa shape index (κ1) is 7.95. The van der Waals surface area contributed by atoms with Crippen LogP contribution < -0.4 is 0 Å². The van der Waals surface area contributed by atoms with Crippen LogP contribution in [0.1, 0.15) is 13.8 Å². The van der Waals surface area contributed by atoms with Crippen molar-refractivity contribution >= 4 is 5.78 Å². The van der Waals surface area contributed by atoms with Gasteiger partial charge in [0.2, 0.25) is 5.78 Å². The predicted molar refractivity (Wildman–Crippen MR) is 36.2 cm³/mol. The molecule has 50 valence electrons. The van der Waals surface area contributed by atoms with Crippen molar-refractivity contribution in [2.24, 2.45) is 0 Å². The third kappa shape index (κ3) is 2.13. The van der Waals surface area contributed by atoms with E-state index in [9.17, 15) is 4.79 Å². The standard InChI is InChI=1S/C5H4O2.C2H6/c6-4-2-1-3-5(4)7;1-2/h1-3H,(H,6,7);1-2H3. The lowest BCUT2D eigenvalue weighted by atomic mass is 10.4. The van der Waals surface area contributed by atoms with E-state index in [1.807, 2.05) is 13.8 Å². The van der Waals surface area contributed by atoms with Gasteiger partial charge in [-0.15, -0.1) is 0 Å². The molecule has 2 nitrogen and oxygen atoms in total. The van der Waals surface area contributed by atoms with Crippen molar-refractivity contribution in [2.75, 3.05) is 0 Å². The summed E-state index contributed by atoms with van der Waals surface area (Å²) in [5.74, 6) is -0.472. The van der Waals surface area contributed by atoms with Crippen LogP contribution in [0.15, 0.2) is 24.0 Å². The molecule has 0 aromatic carbocycles. The van der Waals surface area contributed by atoms with Gasteiger partial charge in [0, 0.05) is 0 Å². The highest BCUT2D eigenvalue weighted by molar-refractivity contribution is 6.04. The maximum atomic E-state index is 10.2. The van der Waals surface area contributed by atoms with Crippen molar-refractivity contribution in [3.63, 3.8) is 0 Å². The molecular weight excluding hydrogens is 116 g/mol. The number of ketones is 1. The lowest BCUT2D eigenvalue weighted by Crippen LogP contribution is -1.90. The minimum absolute atomic E-state index is 0.167. The maximum Gasteiger partial charge on any atom is 0.220 e. The number of carbonyl (C=O) groups excluding carboxylic acids is 1. The Morgan fingerprint density at radius 2 is 2.00 bits per heavy atom. The van der Waals surface area contributed by atoms with Crippen LogP contribution in [0.2, 0.25) is 0 Å². The second kappa shape index (κ2) is 3.89. The molecule has 0 saturated carbocycles. The zero-order valence-electron chi connectivity index (χ0n) is 5.59. The molecule has 9 heavy (non-hydrogen) atoms. The third-order valence-corrected chi connectivity index (χ3v) is 0.754. The first-order chi connectivity index (χ1) is 4.30. The molecule has 0 fully saturated rings. The van der Waals surface area contributed by atoms with Crippen LogP contribution in [-0.2, 0) is 4.79 Å². The second-order valence-corrected chi connectivity index (χ2v) is 1.28. The third-order valence-electron chi connectivity index (χ3n) is 0.754. The normalized spacial score (nSPS) is 14.4. The van der Waals surface area contributed by atoms with Crippen molar-refractivity contribution in [1.29, 1.82) is 0 Å². The van der Waals surface area contributed by atoms with Gasteiger partial charge in [0.15, 0.2) is 5.76 Å². The molecule has 1 aliphatic rings. The second-order valence-electron chi connectivity index (χ2n) is 1.28. The van der Waals surface area contributed by atoms with E-state index in [0.717, 1.165) is 0 Å². The van der Waals surface area contributed by atoms with Crippen LogP contribution in [0.3, 0.4) is 0 Å². The first-order valence-electron chi connectivity index (χ1n) is 2.92. The van der Waals surface area contributed by atoms with Crippen LogP contribution >= 0.6 is 0 Å². The van der Waals surface area contributed by atoms with E-state index in [4.69, 9.17) is 5.11 Å². The molecule has 0 saturated heterocycles. The Balaban J connectivity index is 0.000000291. The highest BCUT2D eigenvalue weighted by Crippen LogP contribution is 1.99. The summed E-state index contributed by atoms with van der Waals surface area (Å²) in [7, 11) is 0. The maximum absolute atomic E-state index is 10.2. The van der Waals surface area contributed by atoms with Crippen molar-refractivity contribution in [3.05, 3.63) is 24.0 Å². The van der Waals surface area contributed by atoms with Gasteiger partial charge in [-0.2, -0.15) is 0 Å². The highest BCUT2D eigenvalue weighted by Gasteiger charge is 2.04. The lowest BCUT2D eigenvalue weighted by Gasteiger charge is -1.79. The van der Waals surface area contributed by atoms with Crippen LogP contribution in [0.4, 0.5) is 0 Å². The monoisotopic (exact) mass is 126 g/mol. The molecule has 0 aromatic rings. The van der Waals surface area contributed by atoms with Gasteiger partial charge in [-0.1, -0.05) is 19.9 Å². The first-order valence-corrected chi connectivity index (χ1v) is 2.92. The number of allylic oxidation sites excluding steroid dienone is 3. The fraction of sp³-hybridized carbons (Fsp3) is 0.286. The molecule has 1 rings (SSSR count). The molecule has 0 aliphatic heterocycles. The molecule has 0 atom stereocenters. The molecular formula is C7H10O2. The number of carbonyl (C=O) groups is 1. The zero-order chi connectivity index (χ0) is 7.28. The average molecular weight is 126 g/mol. The summed E-state index contributed by atoms with van der Waals surface area (Å²) in [5.41, 5.74) is 0. The van der Waals surface area contributed by atoms with Gasteiger partial charge in [0.1, 0.15) is 0 Å². The van der Waals surface area contributed by atoms with Crippen molar-refractivity contribution in [3.8, 4) is 0 Å². The van der Waals surface area contributed by atoms with E-state index in [-0.39, 0.29) is 11.5 Å². The van der Waals surface area contributed by atoms with Crippen LogP contribution in [0, 0.1) is 0 Å². The van der Waals surface area contributed by atoms with Crippen LogP contribution in [0.5, 0.6) is 0 Å². The largest absolute Gasteiger partial charge is 0.504 e. The van der Waals surface area contributed by atoms with Gasteiger partial charge in [-0.25, -0.2) is 0 Å². The minimum atomic E-state index is -0.306. The Kier molecular flexibility index (Phi) is 3.44. The van der Waals surface area contributed by atoms with Gasteiger partial charge in [-0.3, -0.25) is 4.79 Å². The zero-order valence-corrected chi connectivity index (χ0v) is 5.59. The van der Waals surface area contributed by atoms with Gasteiger partial charge in [0.25, 0.3) is 0 Å². The molecule has 1 N–H and O–H groups in total. The summed E-state index contributed by atoms with van der Waals surface area (Å²) in [6.45, 7) is 4.00. The molecule has 0 aromatic heterocycles. The van der Waals surface area contributed by atoms with Crippen LogP contribution in [0.25, 0.3) is 0 Å². The summed E-state index contributed by atoms with van der Waals surface area (Å²) in [6.07, 6.45) is 4.19. The summed E-state index contributed by atoms with van der Waals surface area (Å²) >= 11 is 0. The molecule has 0 unspecified atom stereocenters. The van der Waals surface area contributed by atoms with E-state index < -0.39 is 0 Å². The molecule has 2 heteroatoms. The molecule has 0 bridgehead atoms. The van der Waals surface area contributed by atoms with E-state index in [1.165, 1.54) is 18.2 Å². The molecule has 1 aliphatic carbocycles. The van der Waals surface area contributed by atoms with Crippen LogP contribution in [-0.4, -0.2) is 10.9 Å². The predicted octanol–water partition coefficient (Wildman–Crippen LogP) is 1.59. The Labute approximate surface area is 54.5 Å². The van der Waals surface area contributed by atoms with Crippen molar-refractivity contribution in [1.82, 2.24) is 0 Å². The van der Waals surface area contributed by atoms with E-state index in [2.05, 4.69) is 0 Å². The van der Waals surface area contributed by atoms with Gasteiger partial charge < -0.3 is 5.11 Å². The van der Waals surface area contributed by atoms with Gasteiger partial charge in [0.05, 0.1) is 0 Å². The quantitative estimate of drug-likeness (QED) is 0.535. The fourth-order valence-corrected chi connectivity index (χ4v) is 0.394. The van der Waals surface area contributed by atoms with Gasteiger partial charge >= 0.3 is 0 Å². The molecule has 0 amide bonds. The Hall–Kier alpha value is -1.05.